The highest BCUT2D eigenvalue weighted by Gasteiger charge is 2.16. The third-order valence-electron chi connectivity index (χ3n) is 3.88. The standard InChI is InChI=1S/C20H23BrN2O3/c1-20(2,3)14-6-9-17(24)16(12-14)23-18(25)10-11-22-19(26)13-4-7-15(21)8-5-13/h4-9,12,24H,10-11H2,1-3H3,(H,22,26)(H,23,25). The Kier molecular flexibility index (Phi) is 6.42. The highest BCUT2D eigenvalue weighted by Crippen LogP contribution is 2.30. The van der Waals surface area contributed by atoms with Gasteiger partial charge in [-0.2, -0.15) is 0 Å². The molecule has 26 heavy (non-hydrogen) atoms. The molecule has 2 aromatic rings. The van der Waals surface area contributed by atoms with Crippen LogP contribution in [0.3, 0.4) is 0 Å². The summed E-state index contributed by atoms with van der Waals surface area (Å²) in [5.41, 5.74) is 1.83. The molecule has 0 aliphatic rings. The highest BCUT2D eigenvalue weighted by molar-refractivity contribution is 9.10. The highest BCUT2D eigenvalue weighted by atomic mass is 79.9. The van der Waals surface area contributed by atoms with E-state index in [0.29, 0.717) is 11.3 Å². The maximum absolute atomic E-state index is 12.1. The van der Waals surface area contributed by atoms with Crippen molar-refractivity contribution in [3.8, 4) is 5.75 Å². The Hall–Kier alpha value is -2.34. The molecule has 0 radical (unpaired) electrons. The minimum Gasteiger partial charge on any atom is -0.506 e. The van der Waals surface area contributed by atoms with Crippen LogP contribution in [0.25, 0.3) is 0 Å². The summed E-state index contributed by atoms with van der Waals surface area (Å²) >= 11 is 3.32. The van der Waals surface area contributed by atoms with Gasteiger partial charge in [0, 0.05) is 23.0 Å². The van der Waals surface area contributed by atoms with Crippen LogP contribution in [-0.4, -0.2) is 23.5 Å². The van der Waals surface area contributed by atoms with Gasteiger partial charge in [0.15, 0.2) is 0 Å². The molecule has 2 aromatic carbocycles. The first-order chi connectivity index (χ1) is 12.2. The topological polar surface area (TPSA) is 78.4 Å². The number of phenolic OH excluding ortho intramolecular Hbond substituents is 1. The van der Waals surface area contributed by atoms with Crippen LogP contribution in [0, 0.1) is 0 Å². The average Bonchev–Trinajstić information content (AvgIpc) is 2.56. The Morgan fingerprint density at radius 1 is 1.08 bits per heavy atom. The Morgan fingerprint density at radius 3 is 2.35 bits per heavy atom. The summed E-state index contributed by atoms with van der Waals surface area (Å²) in [5, 5.41) is 15.4. The van der Waals surface area contributed by atoms with Crippen molar-refractivity contribution in [2.24, 2.45) is 0 Å². The van der Waals surface area contributed by atoms with Crippen molar-refractivity contribution in [2.75, 3.05) is 11.9 Å². The van der Waals surface area contributed by atoms with E-state index in [9.17, 15) is 14.7 Å². The molecule has 6 heteroatoms. The predicted octanol–water partition coefficient (Wildman–Crippen LogP) is 4.21. The molecule has 2 amide bonds. The predicted molar refractivity (Wildman–Crippen MR) is 107 cm³/mol. The molecule has 0 aliphatic heterocycles. The Labute approximate surface area is 161 Å². The summed E-state index contributed by atoms with van der Waals surface area (Å²) in [6, 6.07) is 12.2. The van der Waals surface area contributed by atoms with Crippen LogP contribution in [0.4, 0.5) is 5.69 Å². The number of anilines is 1. The second-order valence-corrected chi connectivity index (χ2v) is 7.96. The molecule has 0 aliphatic carbocycles. The van der Waals surface area contributed by atoms with Gasteiger partial charge in [-0.15, -0.1) is 0 Å². The van der Waals surface area contributed by atoms with Crippen molar-refractivity contribution in [3.63, 3.8) is 0 Å². The van der Waals surface area contributed by atoms with Crippen LogP contribution in [0.1, 0.15) is 43.1 Å². The quantitative estimate of drug-likeness (QED) is 0.636. The minimum atomic E-state index is -0.275. The van der Waals surface area contributed by atoms with Gasteiger partial charge in [0.1, 0.15) is 5.75 Å². The number of carbonyl (C=O) groups is 2. The van der Waals surface area contributed by atoms with E-state index in [1.807, 2.05) is 6.07 Å². The van der Waals surface area contributed by atoms with Crippen molar-refractivity contribution in [1.82, 2.24) is 5.32 Å². The molecule has 0 bridgehead atoms. The van der Waals surface area contributed by atoms with E-state index in [2.05, 4.69) is 47.3 Å². The minimum absolute atomic E-state index is 0.0187. The van der Waals surface area contributed by atoms with Gasteiger partial charge in [-0.1, -0.05) is 42.8 Å². The van der Waals surface area contributed by atoms with E-state index in [-0.39, 0.29) is 35.9 Å². The van der Waals surface area contributed by atoms with Crippen LogP contribution in [0.2, 0.25) is 0 Å². The van der Waals surface area contributed by atoms with Crippen LogP contribution in [0.5, 0.6) is 5.75 Å². The molecule has 0 atom stereocenters. The largest absolute Gasteiger partial charge is 0.506 e. The van der Waals surface area contributed by atoms with Crippen molar-refractivity contribution >= 4 is 33.4 Å². The lowest BCUT2D eigenvalue weighted by Crippen LogP contribution is -2.27. The fourth-order valence-electron chi connectivity index (χ4n) is 2.31. The molecular weight excluding hydrogens is 396 g/mol. The Balaban J connectivity index is 1.89. The number of amides is 2. The zero-order chi connectivity index (χ0) is 19.3. The lowest BCUT2D eigenvalue weighted by Gasteiger charge is -2.20. The van der Waals surface area contributed by atoms with Gasteiger partial charge in [0.2, 0.25) is 5.91 Å². The van der Waals surface area contributed by atoms with E-state index < -0.39 is 0 Å². The number of carbonyl (C=O) groups excluding carboxylic acids is 2. The second-order valence-electron chi connectivity index (χ2n) is 7.04. The van der Waals surface area contributed by atoms with Crippen molar-refractivity contribution in [1.29, 1.82) is 0 Å². The Bertz CT molecular complexity index is 796. The van der Waals surface area contributed by atoms with Gasteiger partial charge < -0.3 is 15.7 Å². The van der Waals surface area contributed by atoms with Crippen molar-refractivity contribution in [3.05, 3.63) is 58.1 Å². The zero-order valence-electron chi connectivity index (χ0n) is 15.1. The van der Waals surface area contributed by atoms with Crippen LogP contribution >= 0.6 is 15.9 Å². The maximum Gasteiger partial charge on any atom is 0.251 e. The third-order valence-corrected chi connectivity index (χ3v) is 4.41. The molecule has 2 rings (SSSR count). The summed E-state index contributed by atoms with van der Waals surface area (Å²) in [4.78, 5) is 24.1. The first-order valence-electron chi connectivity index (χ1n) is 8.34. The molecular formula is C20H23BrN2O3. The number of nitrogens with one attached hydrogen (secondary N) is 2. The van der Waals surface area contributed by atoms with Gasteiger partial charge in [-0.05, 0) is 47.4 Å². The number of hydrogen-bond acceptors (Lipinski definition) is 3. The monoisotopic (exact) mass is 418 g/mol. The number of halogens is 1. The SMILES string of the molecule is CC(C)(C)c1ccc(O)c(NC(=O)CCNC(=O)c2ccc(Br)cc2)c1. The number of benzene rings is 2. The molecule has 5 nitrogen and oxygen atoms in total. The number of aromatic hydroxyl groups is 1. The summed E-state index contributed by atoms with van der Waals surface area (Å²) in [6.07, 6.45) is 0.113. The van der Waals surface area contributed by atoms with E-state index in [4.69, 9.17) is 0 Å². The van der Waals surface area contributed by atoms with Crippen molar-refractivity contribution < 1.29 is 14.7 Å². The Morgan fingerprint density at radius 2 is 1.73 bits per heavy atom. The third kappa shape index (κ3) is 5.59. The smallest absolute Gasteiger partial charge is 0.251 e. The van der Waals surface area contributed by atoms with E-state index in [1.165, 1.54) is 0 Å². The second kappa shape index (κ2) is 8.36. The van der Waals surface area contributed by atoms with Crippen molar-refractivity contribution in [2.45, 2.75) is 32.6 Å². The molecule has 0 fully saturated rings. The van der Waals surface area contributed by atoms with Crippen LogP contribution < -0.4 is 10.6 Å². The first kappa shape index (κ1) is 20.0. The molecule has 138 valence electrons. The summed E-state index contributed by atoms with van der Waals surface area (Å²) in [5.74, 6) is -0.490. The number of phenols is 1. The number of rotatable bonds is 5. The molecule has 3 N–H and O–H groups in total. The van der Waals surface area contributed by atoms with Gasteiger partial charge in [0.05, 0.1) is 5.69 Å². The van der Waals surface area contributed by atoms with Crippen LogP contribution in [0.15, 0.2) is 46.9 Å². The summed E-state index contributed by atoms with van der Waals surface area (Å²) < 4.78 is 0.894. The maximum atomic E-state index is 12.1. The van der Waals surface area contributed by atoms with E-state index >= 15 is 0 Å². The summed E-state index contributed by atoms with van der Waals surface area (Å²) in [7, 11) is 0. The average molecular weight is 419 g/mol. The number of hydrogen-bond donors (Lipinski definition) is 3. The fourth-order valence-corrected chi connectivity index (χ4v) is 2.57. The molecule has 0 heterocycles. The fraction of sp³-hybridized carbons (Fsp3) is 0.300. The molecule has 0 spiro atoms. The molecule has 0 unspecified atom stereocenters. The van der Waals surface area contributed by atoms with E-state index in [1.54, 1.807) is 36.4 Å². The van der Waals surface area contributed by atoms with Gasteiger partial charge >= 0.3 is 0 Å². The van der Waals surface area contributed by atoms with E-state index in [0.717, 1.165) is 10.0 Å². The summed E-state index contributed by atoms with van der Waals surface area (Å²) in [6.45, 7) is 6.38. The van der Waals surface area contributed by atoms with Gasteiger partial charge in [-0.3, -0.25) is 9.59 Å². The lowest BCUT2D eigenvalue weighted by atomic mass is 9.87. The van der Waals surface area contributed by atoms with Crippen LogP contribution in [-0.2, 0) is 10.2 Å². The van der Waals surface area contributed by atoms with Gasteiger partial charge in [-0.25, -0.2) is 0 Å². The molecule has 0 saturated carbocycles. The molecule has 0 saturated heterocycles. The normalized spacial score (nSPS) is 11.1. The zero-order valence-corrected chi connectivity index (χ0v) is 16.7. The molecule has 0 aromatic heterocycles. The first-order valence-corrected chi connectivity index (χ1v) is 9.13. The lowest BCUT2D eigenvalue weighted by molar-refractivity contribution is -0.116. The van der Waals surface area contributed by atoms with Gasteiger partial charge in [0.25, 0.3) is 5.91 Å².